The number of thiophene rings is 1. The molecule has 146 valence electrons. The number of nitrogens with zero attached hydrogens (tertiary/aromatic N) is 1. The molecule has 6 heteroatoms. The predicted octanol–water partition coefficient (Wildman–Crippen LogP) is 5.11. The molecule has 1 aliphatic carbocycles. The summed E-state index contributed by atoms with van der Waals surface area (Å²) >= 11 is 7.39. The number of ether oxygens (including phenoxy) is 1. The number of rotatable bonds is 7. The molecule has 0 fully saturated rings. The van der Waals surface area contributed by atoms with Gasteiger partial charge in [0.2, 0.25) is 0 Å². The number of carbonyl (C=O) groups is 1. The van der Waals surface area contributed by atoms with Crippen molar-refractivity contribution in [2.45, 2.75) is 60.3 Å². The van der Waals surface area contributed by atoms with Crippen molar-refractivity contribution >= 4 is 39.6 Å². The first-order valence-electron chi connectivity index (χ1n) is 9.71. The quantitative estimate of drug-likeness (QED) is 0.512. The van der Waals surface area contributed by atoms with E-state index in [0.29, 0.717) is 29.1 Å². The summed E-state index contributed by atoms with van der Waals surface area (Å²) in [5.74, 6) is 0.820. The van der Waals surface area contributed by atoms with Gasteiger partial charge < -0.3 is 15.0 Å². The summed E-state index contributed by atoms with van der Waals surface area (Å²) in [6.07, 6.45) is 4.32. The Hall–Kier alpha value is -1.14. The summed E-state index contributed by atoms with van der Waals surface area (Å²) in [6, 6.07) is 0. The van der Waals surface area contributed by atoms with Crippen molar-refractivity contribution in [1.29, 1.82) is 0 Å². The Morgan fingerprint density at radius 2 is 1.81 bits per heavy atom. The number of thiocarbonyl (C=S) groups is 1. The van der Waals surface area contributed by atoms with E-state index in [1.54, 1.807) is 11.3 Å². The minimum absolute atomic E-state index is 0.225. The third kappa shape index (κ3) is 5.43. The Labute approximate surface area is 167 Å². The molecule has 0 bridgehead atoms. The zero-order valence-corrected chi connectivity index (χ0v) is 18.3. The van der Waals surface area contributed by atoms with E-state index in [1.165, 1.54) is 16.9 Å². The van der Waals surface area contributed by atoms with Gasteiger partial charge in [0, 0.05) is 18.0 Å². The van der Waals surface area contributed by atoms with E-state index in [2.05, 4.69) is 37.9 Å². The van der Waals surface area contributed by atoms with E-state index in [9.17, 15) is 4.79 Å². The van der Waals surface area contributed by atoms with E-state index < -0.39 is 0 Å². The van der Waals surface area contributed by atoms with E-state index in [-0.39, 0.29) is 5.97 Å². The van der Waals surface area contributed by atoms with Gasteiger partial charge >= 0.3 is 5.97 Å². The molecule has 1 aromatic rings. The number of anilines is 1. The van der Waals surface area contributed by atoms with Gasteiger partial charge in [0.25, 0.3) is 0 Å². The SMILES string of the molecule is CCOC(=O)c1c(NC(=S)N(CC(C)C)CC(C)C)sc2c1CCCC2. The van der Waals surface area contributed by atoms with Gasteiger partial charge in [0.1, 0.15) is 5.00 Å². The normalized spacial score (nSPS) is 13.7. The molecule has 1 N–H and O–H groups in total. The molecule has 0 aliphatic heterocycles. The minimum atomic E-state index is -0.225. The second-order valence-electron chi connectivity index (χ2n) is 7.76. The van der Waals surface area contributed by atoms with Crippen molar-refractivity contribution < 1.29 is 9.53 Å². The molecular formula is C20H32N2O2S2. The Bertz CT molecular complexity index is 628. The summed E-state index contributed by atoms with van der Waals surface area (Å²) in [4.78, 5) is 16.1. The fourth-order valence-electron chi connectivity index (χ4n) is 3.37. The molecule has 0 amide bonds. The maximum absolute atomic E-state index is 12.6. The third-order valence-electron chi connectivity index (χ3n) is 4.33. The van der Waals surface area contributed by atoms with Crippen molar-refractivity contribution in [3.63, 3.8) is 0 Å². The Kier molecular flexibility index (Phi) is 7.89. The van der Waals surface area contributed by atoms with Crippen molar-refractivity contribution in [3.05, 3.63) is 16.0 Å². The molecule has 0 unspecified atom stereocenters. The molecule has 26 heavy (non-hydrogen) atoms. The molecule has 0 saturated heterocycles. The molecule has 0 aromatic carbocycles. The highest BCUT2D eigenvalue weighted by Gasteiger charge is 2.27. The Morgan fingerprint density at radius 3 is 2.38 bits per heavy atom. The first-order valence-corrected chi connectivity index (χ1v) is 10.9. The smallest absolute Gasteiger partial charge is 0.341 e. The van der Waals surface area contributed by atoms with Crippen molar-refractivity contribution in [2.75, 3.05) is 25.0 Å². The van der Waals surface area contributed by atoms with Crippen LogP contribution in [-0.2, 0) is 17.6 Å². The maximum atomic E-state index is 12.6. The molecule has 0 atom stereocenters. The van der Waals surface area contributed by atoms with Crippen LogP contribution < -0.4 is 5.32 Å². The lowest BCUT2D eigenvalue weighted by atomic mass is 9.95. The number of hydrogen-bond donors (Lipinski definition) is 1. The Balaban J connectivity index is 2.27. The highest BCUT2D eigenvalue weighted by atomic mass is 32.1. The van der Waals surface area contributed by atoms with Gasteiger partial charge in [-0.25, -0.2) is 4.79 Å². The maximum Gasteiger partial charge on any atom is 0.341 e. The molecule has 1 aliphatic rings. The van der Waals surface area contributed by atoms with Crippen LogP contribution in [0, 0.1) is 11.8 Å². The largest absolute Gasteiger partial charge is 0.462 e. The van der Waals surface area contributed by atoms with Crippen LogP contribution in [-0.4, -0.2) is 35.7 Å². The zero-order valence-electron chi connectivity index (χ0n) is 16.7. The molecule has 0 radical (unpaired) electrons. The standard InChI is InChI=1S/C20H32N2O2S2/c1-6-24-19(23)17-15-9-7-8-10-16(15)26-18(17)21-20(25)22(11-13(2)3)12-14(4)5/h13-14H,6-12H2,1-5H3,(H,21,25). The van der Waals surface area contributed by atoms with Crippen LogP contribution in [0.5, 0.6) is 0 Å². The summed E-state index contributed by atoms with van der Waals surface area (Å²) in [5.41, 5.74) is 1.88. The number of nitrogens with one attached hydrogen (secondary N) is 1. The lowest BCUT2D eigenvalue weighted by Crippen LogP contribution is -2.39. The van der Waals surface area contributed by atoms with Crippen LogP contribution in [0.2, 0.25) is 0 Å². The van der Waals surface area contributed by atoms with Crippen LogP contribution in [0.15, 0.2) is 0 Å². The van der Waals surface area contributed by atoms with Gasteiger partial charge in [0.05, 0.1) is 12.2 Å². The van der Waals surface area contributed by atoms with Gasteiger partial charge in [0.15, 0.2) is 5.11 Å². The summed E-state index contributed by atoms with van der Waals surface area (Å²) in [6.45, 7) is 12.8. The van der Waals surface area contributed by atoms with Crippen LogP contribution in [0.25, 0.3) is 0 Å². The number of fused-ring (bicyclic) bond motifs is 1. The number of carbonyl (C=O) groups excluding carboxylic acids is 1. The number of aryl methyl sites for hydroxylation is 1. The number of esters is 1. The number of hydrogen-bond acceptors (Lipinski definition) is 4. The van der Waals surface area contributed by atoms with Gasteiger partial charge in [-0.2, -0.15) is 0 Å². The zero-order chi connectivity index (χ0) is 19.3. The summed E-state index contributed by atoms with van der Waals surface area (Å²) < 4.78 is 5.34. The molecule has 0 saturated carbocycles. The molecule has 0 spiro atoms. The van der Waals surface area contributed by atoms with Gasteiger partial charge in [-0.1, -0.05) is 27.7 Å². The van der Waals surface area contributed by atoms with Crippen LogP contribution in [0.3, 0.4) is 0 Å². The fraction of sp³-hybridized carbons (Fsp3) is 0.700. The Morgan fingerprint density at radius 1 is 1.19 bits per heavy atom. The predicted molar refractivity (Wildman–Crippen MR) is 114 cm³/mol. The van der Waals surface area contributed by atoms with Gasteiger partial charge in [-0.05, 0) is 62.2 Å². The minimum Gasteiger partial charge on any atom is -0.462 e. The van der Waals surface area contributed by atoms with Crippen molar-refractivity contribution in [2.24, 2.45) is 11.8 Å². The van der Waals surface area contributed by atoms with E-state index in [4.69, 9.17) is 17.0 Å². The highest BCUT2D eigenvalue weighted by molar-refractivity contribution is 7.80. The van der Waals surface area contributed by atoms with Gasteiger partial charge in [-0.15, -0.1) is 11.3 Å². The second kappa shape index (κ2) is 9.70. The van der Waals surface area contributed by atoms with Gasteiger partial charge in [-0.3, -0.25) is 0 Å². The van der Waals surface area contributed by atoms with E-state index >= 15 is 0 Å². The first kappa shape index (κ1) is 21.2. The molecule has 4 nitrogen and oxygen atoms in total. The average molecular weight is 397 g/mol. The lowest BCUT2D eigenvalue weighted by Gasteiger charge is -2.29. The van der Waals surface area contributed by atoms with Crippen molar-refractivity contribution in [1.82, 2.24) is 4.90 Å². The molecule has 2 rings (SSSR count). The fourth-order valence-corrected chi connectivity index (χ4v) is 4.96. The molecule has 1 heterocycles. The van der Waals surface area contributed by atoms with Crippen LogP contribution >= 0.6 is 23.6 Å². The lowest BCUT2D eigenvalue weighted by molar-refractivity contribution is 0.0526. The monoisotopic (exact) mass is 396 g/mol. The summed E-state index contributed by atoms with van der Waals surface area (Å²) in [5, 5.41) is 4.96. The van der Waals surface area contributed by atoms with Crippen LogP contribution in [0.4, 0.5) is 5.00 Å². The third-order valence-corrected chi connectivity index (χ3v) is 5.90. The summed E-state index contributed by atoms with van der Waals surface area (Å²) in [7, 11) is 0. The van der Waals surface area contributed by atoms with Crippen molar-refractivity contribution in [3.8, 4) is 0 Å². The molecular weight excluding hydrogens is 364 g/mol. The average Bonchev–Trinajstić information content (AvgIpc) is 2.91. The first-order chi connectivity index (χ1) is 12.3. The van der Waals surface area contributed by atoms with E-state index in [0.717, 1.165) is 37.4 Å². The van der Waals surface area contributed by atoms with Crippen LogP contribution in [0.1, 0.15) is 68.3 Å². The molecule has 1 aromatic heterocycles. The highest BCUT2D eigenvalue weighted by Crippen LogP contribution is 2.38. The van der Waals surface area contributed by atoms with E-state index in [1.807, 2.05) is 6.92 Å². The topological polar surface area (TPSA) is 41.6 Å². The second-order valence-corrected chi connectivity index (χ2v) is 9.25.